The van der Waals surface area contributed by atoms with Crippen LogP contribution in [0.4, 0.5) is 0 Å². The number of carbonyl (C=O) groups excluding carboxylic acids is 2. The van der Waals surface area contributed by atoms with E-state index in [0.717, 1.165) is 0 Å². The number of likely N-dealkylation sites (tertiary alicyclic amines) is 1. The largest absolute Gasteiger partial charge is 0.469 e. The van der Waals surface area contributed by atoms with E-state index in [-0.39, 0.29) is 17.8 Å². The standard InChI is InChI=1S/C13H20N2O3/c1-4-13(2,9-14)12(17)15-7-5-10(6-8-15)11(16)18-3/h10H,4-8H2,1-3H3. The summed E-state index contributed by atoms with van der Waals surface area (Å²) in [5.74, 6) is -0.453. The summed E-state index contributed by atoms with van der Waals surface area (Å²) < 4.78 is 4.70. The monoisotopic (exact) mass is 252 g/mol. The highest BCUT2D eigenvalue weighted by molar-refractivity contribution is 5.85. The van der Waals surface area contributed by atoms with Crippen LogP contribution in [0.15, 0.2) is 0 Å². The zero-order valence-electron chi connectivity index (χ0n) is 11.2. The fraction of sp³-hybridized carbons (Fsp3) is 0.769. The van der Waals surface area contributed by atoms with E-state index in [1.807, 2.05) is 6.92 Å². The van der Waals surface area contributed by atoms with Crippen molar-refractivity contribution in [3.8, 4) is 6.07 Å². The molecule has 1 atom stereocenters. The average molecular weight is 252 g/mol. The molecule has 0 bridgehead atoms. The van der Waals surface area contributed by atoms with Gasteiger partial charge in [-0.05, 0) is 26.2 Å². The fourth-order valence-corrected chi connectivity index (χ4v) is 2.11. The molecule has 1 fully saturated rings. The molecule has 5 nitrogen and oxygen atoms in total. The Bertz CT molecular complexity index is 367. The highest BCUT2D eigenvalue weighted by Crippen LogP contribution is 2.26. The van der Waals surface area contributed by atoms with Crippen molar-refractivity contribution in [3.05, 3.63) is 0 Å². The minimum Gasteiger partial charge on any atom is -0.469 e. The van der Waals surface area contributed by atoms with Gasteiger partial charge in [0.25, 0.3) is 0 Å². The number of rotatable bonds is 3. The van der Waals surface area contributed by atoms with Gasteiger partial charge in [0, 0.05) is 13.1 Å². The summed E-state index contributed by atoms with van der Waals surface area (Å²) in [5, 5.41) is 9.09. The van der Waals surface area contributed by atoms with Gasteiger partial charge < -0.3 is 9.64 Å². The number of esters is 1. The van der Waals surface area contributed by atoms with E-state index in [1.54, 1.807) is 11.8 Å². The van der Waals surface area contributed by atoms with Gasteiger partial charge >= 0.3 is 5.97 Å². The van der Waals surface area contributed by atoms with Gasteiger partial charge in [0.2, 0.25) is 5.91 Å². The predicted octanol–water partition coefficient (Wildman–Crippen LogP) is 1.34. The molecule has 1 aliphatic rings. The Morgan fingerprint density at radius 1 is 1.44 bits per heavy atom. The van der Waals surface area contributed by atoms with Gasteiger partial charge in [0.1, 0.15) is 5.41 Å². The third kappa shape index (κ3) is 2.81. The van der Waals surface area contributed by atoms with E-state index >= 15 is 0 Å². The number of hydrogen-bond acceptors (Lipinski definition) is 4. The van der Waals surface area contributed by atoms with Crippen LogP contribution in [-0.4, -0.2) is 37.0 Å². The summed E-state index contributed by atoms with van der Waals surface area (Å²) in [6.45, 7) is 4.55. The Labute approximate surface area is 108 Å². The predicted molar refractivity (Wildman–Crippen MR) is 65.3 cm³/mol. The van der Waals surface area contributed by atoms with Gasteiger partial charge in [-0.3, -0.25) is 9.59 Å². The van der Waals surface area contributed by atoms with E-state index in [9.17, 15) is 9.59 Å². The number of methoxy groups -OCH3 is 1. The number of nitrogens with zero attached hydrogens (tertiary/aromatic N) is 2. The maximum atomic E-state index is 12.2. The van der Waals surface area contributed by atoms with Gasteiger partial charge in [0.05, 0.1) is 19.1 Å². The van der Waals surface area contributed by atoms with E-state index < -0.39 is 5.41 Å². The Morgan fingerprint density at radius 3 is 2.39 bits per heavy atom. The first-order valence-corrected chi connectivity index (χ1v) is 6.27. The Morgan fingerprint density at radius 2 is 2.00 bits per heavy atom. The first-order valence-electron chi connectivity index (χ1n) is 6.27. The lowest BCUT2D eigenvalue weighted by molar-refractivity contribution is -0.150. The van der Waals surface area contributed by atoms with Crippen LogP contribution in [-0.2, 0) is 14.3 Å². The second-order valence-electron chi connectivity index (χ2n) is 4.89. The summed E-state index contributed by atoms with van der Waals surface area (Å²) in [6, 6.07) is 2.09. The molecule has 5 heteroatoms. The number of nitriles is 1. The van der Waals surface area contributed by atoms with Crippen molar-refractivity contribution in [1.82, 2.24) is 4.90 Å². The number of ether oxygens (including phenoxy) is 1. The third-order valence-electron chi connectivity index (χ3n) is 3.74. The second kappa shape index (κ2) is 5.85. The van der Waals surface area contributed by atoms with Gasteiger partial charge in [0.15, 0.2) is 0 Å². The Balaban J connectivity index is 2.61. The molecule has 1 heterocycles. The van der Waals surface area contributed by atoms with Crippen LogP contribution in [0.5, 0.6) is 0 Å². The van der Waals surface area contributed by atoms with Crippen molar-refractivity contribution < 1.29 is 14.3 Å². The molecule has 0 aromatic carbocycles. The molecule has 0 saturated carbocycles. The topological polar surface area (TPSA) is 70.4 Å². The number of piperidine rings is 1. The first-order chi connectivity index (χ1) is 8.48. The van der Waals surface area contributed by atoms with Crippen LogP contribution >= 0.6 is 0 Å². The normalized spacial score (nSPS) is 19.8. The lowest BCUT2D eigenvalue weighted by Gasteiger charge is -2.34. The number of carbonyl (C=O) groups is 2. The van der Waals surface area contributed by atoms with Gasteiger partial charge in [-0.2, -0.15) is 5.26 Å². The summed E-state index contributed by atoms with van der Waals surface area (Å²) in [6.07, 6.45) is 1.73. The minimum absolute atomic E-state index is 0.117. The van der Waals surface area contributed by atoms with Crippen LogP contribution in [0.2, 0.25) is 0 Å². The first kappa shape index (κ1) is 14.5. The molecule has 0 aromatic heterocycles. The molecule has 1 unspecified atom stereocenters. The van der Waals surface area contributed by atoms with Crippen LogP contribution in [0, 0.1) is 22.7 Å². The van der Waals surface area contributed by atoms with Crippen LogP contribution in [0.3, 0.4) is 0 Å². The van der Waals surface area contributed by atoms with Crippen molar-refractivity contribution in [2.24, 2.45) is 11.3 Å². The number of hydrogen-bond donors (Lipinski definition) is 0. The van der Waals surface area contributed by atoms with Crippen molar-refractivity contribution in [3.63, 3.8) is 0 Å². The molecule has 0 spiro atoms. The lowest BCUT2D eigenvalue weighted by atomic mass is 9.86. The van der Waals surface area contributed by atoms with Crippen molar-refractivity contribution in [1.29, 1.82) is 5.26 Å². The second-order valence-corrected chi connectivity index (χ2v) is 4.89. The summed E-state index contributed by atoms with van der Waals surface area (Å²) in [5.41, 5.74) is -0.946. The van der Waals surface area contributed by atoms with E-state index in [4.69, 9.17) is 10.00 Å². The van der Waals surface area contributed by atoms with Gasteiger partial charge in [-0.15, -0.1) is 0 Å². The highest BCUT2D eigenvalue weighted by Gasteiger charge is 2.37. The number of amides is 1. The molecule has 0 aromatic rings. The molecule has 18 heavy (non-hydrogen) atoms. The molecular formula is C13H20N2O3. The summed E-state index contributed by atoms with van der Waals surface area (Å²) >= 11 is 0. The maximum Gasteiger partial charge on any atom is 0.308 e. The molecule has 0 aliphatic carbocycles. The third-order valence-corrected chi connectivity index (χ3v) is 3.74. The van der Waals surface area contributed by atoms with Crippen molar-refractivity contribution in [2.45, 2.75) is 33.1 Å². The highest BCUT2D eigenvalue weighted by atomic mass is 16.5. The Hall–Kier alpha value is -1.57. The summed E-state index contributed by atoms with van der Waals surface area (Å²) in [4.78, 5) is 25.3. The molecule has 1 saturated heterocycles. The average Bonchev–Trinajstić information content (AvgIpc) is 2.44. The lowest BCUT2D eigenvalue weighted by Crippen LogP contribution is -2.46. The molecule has 1 rings (SSSR count). The van der Waals surface area contributed by atoms with Gasteiger partial charge in [-0.25, -0.2) is 0 Å². The fourth-order valence-electron chi connectivity index (χ4n) is 2.11. The van der Waals surface area contributed by atoms with Gasteiger partial charge in [-0.1, -0.05) is 6.92 Å². The molecule has 0 N–H and O–H groups in total. The van der Waals surface area contributed by atoms with E-state index in [2.05, 4.69) is 6.07 Å². The zero-order chi connectivity index (χ0) is 13.8. The Kier molecular flexibility index (Phi) is 4.71. The quantitative estimate of drug-likeness (QED) is 0.711. The van der Waals surface area contributed by atoms with Crippen molar-refractivity contribution in [2.75, 3.05) is 20.2 Å². The van der Waals surface area contributed by atoms with Crippen molar-refractivity contribution >= 4 is 11.9 Å². The minimum atomic E-state index is -0.946. The van der Waals surface area contributed by atoms with Crippen LogP contribution in [0.25, 0.3) is 0 Å². The SMILES string of the molecule is CCC(C)(C#N)C(=O)N1CCC(C(=O)OC)CC1. The smallest absolute Gasteiger partial charge is 0.308 e. The van der Waals surface area contributed by atoms with E-state index in [1.165, 1.54) is 7.11 Å². The molecular weight excluding hydrogens is 232 g/mol. The zero-order valence-corrected chi connectivity index (χ0v) is 11.2. The maximum absolute atomic E-state index is 12.2. The van der Waals surface area contributed by atoms with Crippen LogP contribution in [0.1, 0.15) is 33.1 Å². The molecule has 1 amide bonds. The molecule has 0 radical (unpaired) electrons. The molecule has 1 aliphatic heterocycles. The van der Waals surface area contributed by atoms with Crippen LogP contribution < -0.4 is 0 Å². The molecule has 100 valence electrons. The summed E-state index contributed by atoms with van der Waals surface area (Å²) in [7, 11) is 1.38. The van der Waals surface area contributed by atoms with E-state index in [0.29, 0.717) is 32.4 Å².